The first kappa shape index (κ1) is 15.6. The SMILES string of the molecule is CC(C)=CCc1ccccc1S(=O)CCc1ccncc1. The molecule has 0 radical (unpaired) electrons. The lowest BCUT2D eigenvalue weighted by molar-refractivity contribution is 0.681. The van der Waals surface area contributed by atoms with E-state index >= 15 is 0 Å². The predicted octanol–water partition coefficient (Wildman–Crippen LogP) is 3.94. The summed E-state index contributed by atoms with van der Waals surface area (Å²) in [6.07, 6.45) is 7.40. The number of aromatic nitrogens is 1. The number of hydrogen-bond acceptors (Lipinski definition) is 2. The van der Waals surface area contributed by atoms with Crippen LogP contribution in [0.25, 0.3) is 0 Å². The molecule has 0 saturated heterocycles. The molecule has 1 heterocycles. The first-order chi connectivity index (χ1) is 10.2. The van der Waals surface area contributed by atoms with Gasteiger partial charge in [0.25, 0.3) is 0 Å². The zero-order valence-electron chi connectivity index (χ0n) is 12.6. The average Bonchev–Trinajstić information content (AvgIpc) is 2.52. The lowest BCUT2D eigenvalue weighted by Crippen LogP contribution is -2.04. The summed E-state index contributed by atoms with van der Waals surface area (Å²) in [4.78, 5) is 4.97. The summed E-state index contributed by atoms with van der Waals surface area (Å²) in [5, 5.41) is 0. The van der Waals surface area contributed by atoms with Crippen molar-refractivity contribution in [1.82, 2.24) is 4.98 Å². The Balaban J connectivity index is 2.07. The number of aryl methyl sites for hydroxylation is 1. The fourth-order valence-electron chi connectivity index (χ4n) is 2.08. The van der Waals surface area contributed by atoms with Crippen LogP contribution in [-0.2, 0) is 23.6 Å². The maximum absolute atomic E-state index is 12.6. The molecule has 2 rings (SSSR count). The van der Waals surface area contributed by atoms with Crippen molar-refractivity contribution < 1.29 is 4.21 Å². The van der Waals surface area contributed by atoms with Gasteiger partial charge in [-0.1, -0.05) is 29.8 Å². The van der Waals surface area contributed by atoms with Crippen LogP contribution in [0, 0.1) is 0 Å². The first-order valence-corrected chi connectivity index (χ1v) is 8.47. The normalized spacial score (nSPS) is 11.9. The van der Waals surface area contributed by atoms with Gasteiger partial charge in [0.05, 0.1) is 10.8 Å². The van der Waals surface area contributed by atoms with E-state index in [2.05, 4.69) is 31.0 Å². The smallest absolute Gasteiger partial charge is 0.0535 e. The van der Waals surface area contributed by atoms with Gasteiger partial charge in [0.2, 0.25) is 0 Å². The Morgan fingerprint density at radius 3 is 2.57 bits per heavy atom. The van der Waals surface area contributed by atoms with Gasteiger partial charge in [-0.2, -0.15) is 0 Å². The van der Waals surface area contributed by atoms with E-state index < -0.39 is 10.8 Å². The summed E-state index contributed by atoms with van der Waals surface area (Å²) in [7, 11) is -0.960. The minimum Gasteiger partial charge on any atom is -0.265 e. The van der Waals surface area contributed by atoms with Crippen molar-refractivity contribution in [1.29, 1.82) is 0 Å². The molecule has 0 fully saturated rings. The Hall–Kier alpha value is -1.74. The van der Waals surface area contributed by atoms with Crippen molar-refractivity contribution in [3.8, 4) is 0 Å². The molecule has 0 N–H and O–H groups in total. The molecule has 2 nitrogen and oxygen atoms in total. The molecule has 0 spiro atoms. The maximum Gasteiger partial charge on any atom is 0.0535 e. The van der Waals surface area contributed by atoms with E-state index in [0.717, 1.165) is 23.3 Å². The lowest BCUT2D eigenvalue weighted by atomic mass is 10.1. The van der Waals surface area contributed by atoms with Crippen LogP contribution in [0.1, 0.15) is 25.0 Å². The van der Waals surface area contributed by atoms with Crippen molar-refractivity contribution in [3.63, 3.8) is 0 Å². The van der Waals surface area contributed by atoms with Crippen LogP contribution in [0.15, 0.2) is 65.3 Å². The number of pyridine rings is 1. The van der Waals surface area contributed by atoms with Crippen LogP contribution in [0.4, 0.5) is 0 Å². The van der Waals surface area contributed by atoms with Gasteiger partial charge in [0, 0.05) is 23.0 Å². The predicted molar refractivity (Wildman–Crippen MR) is 88.8 cm³/mol. The third kappa shape index (κ3) is 4.94. The zero-order valence-corrected chi connectivity index (χ0v) is 13.4. The molecule has 110 valence electrons. The summed E-state index contributed by atoms with van der Waals surface area (Å²) >= 11 is 0. The molecular formula is C18H21NOS. The Morgan fingerprint density at radius 2 is 1.86 bits per heavy atom. The van der Waals surface area contributed by atoms with Gasteiger partial charge in [-0.3, -0.25) is 9.19 Å². The molecule has 3 heteroatoms. The Morgan fingerprint density at radius 1 is 1.14 bits per heavy atom. The summed E-state index contributed by atoms with van der Waals surface area (Å²) in [6, 6.07) is 12.0. The van der Waals surface area contributed by atoms with Crippen LogP contribution in [-0.4, -0.2) is 14.9 Å². The van der Waals surface area contributed by atoms with Gasteiger partial charge in [-0.15, -0.1) is 0 Å². The molecule has 0 aliphatic heterocycles. The maximum atomic E-state index is 12.6. The van der Waals surface area contributed by atoms with E-state index in [1.807, 2.05) is 30.3 Å². The van der Waals surface area contributed by atoms with E-state index in [9.17, 15) is 4.21 Å². The lowest BCUT2D eigenvalue weighted by Gasteiger charge is -2.08. The van der Waals surface area contributed by atoms with Crippen molar-refractivity contribution in [2.24, 2.45) is 0 Å². The van der Waals surface area contributed by atoms with Gasteiger partial charge in [0.15, 0.2) is 0 Å². The van der Waals surface area contributed by atoms with Gasteiger partial charge >= 0.3 is 0 Å². The third-order valence-electron chi connectivity index (χ3n) is 3.27. The molecule has 1 aromatic heterocycles. The summed E-state index contributed by atoms with van der Waals surface area (Å²) in [5.74, 6) is 0.649. The second kappa shape index (κ2) is 7.89. The highest BCUT2D eigenvalue weighted by molar-refractivity contribution is 7.85. The van der Waals surface area contributed by atoms with Gasteiger partial charge in [-0.05, 0) is 56.0 Å². The molecule has 0 saturated carbocycles. The molecular weight excluding hydrogens is 278 g/mol. The molecule has 0 aliphatic carbocycles. The second-order valence-corrected chi connectivity index (χ2v) is 6.79. The minimum absolute atomic E-state index is 0.649. The Bertz CT molecular complexity index is 631. The number of nitrogens with zero attached hydrogens (tertiary/aromatic N) is 1. The average molecular weight is 299 g/mol. The molecule has 1 aromatic carbocycles. The van der Waals surface area contributed by atoms with Crippen LogP contribution >= 0.6 is 0 Å². The first-order valence-electron chi connectivity index (χ1n) is 7.15. The second-order valence-electron chi connectivity index (χ2n) is 5.25. The van der Waals surface area contributed by atoms with Gasteiger partial charge in [-0.25, -0.2) is 0 Å². The molecule has 0 aliphatic rings. The standard InChI is InChI=1S/C18H21NOS/c1-15(2)7-8-17-5-3-4-6-18(17)21(20)14-11-16-9-12-19-13-10-16/h3-7,9-10,12-13H,8,11,14H2,1-2H3. The van der Waals surface area contributed by atoms with Crippen molar-refractivity contribution in [3.05, 3.63) is 71.6 Å². The van der Waals surface area contributed by atoms with E-state index in [-0.39, 0.29) is 0 Å². The monoisotopic (exact) mass is 299 g/mol. The largest absolute Gasteiger partial charge is 0.265 e. The topological polar surface area (TPSA) is 30.0 Å². The van der Waals surface area contributed by atoms with Crippen molar-refractivity contribution >= 4 is 10.8 Å². The quantitative estimate of drug-likeness (QED) is 0.756. The fourth-order valence-corrected chi connectivity index (χ4v) is 3.39. The number of allylic oxidation sites excluding steroid dienone is 2. The third-order valence-corrected chi connectivity index (χ3v) is 4.74. The van der Waals surface area contributed by atoms with E-state index in [1.165, 1.54) is 11.1 Å². The summed E-state index contributed by atoms with van der Waals surface area (Å²) in [6.45, 7) is 4.17. The Kier molecular flexibility index (Phi) is 5.88. The fraction of sp³-hybridized carbons (Fsp3) is 0.278. The summed E-state index contributed by atoms with van der Waals surface area (Å²) in [5.41, 5.74) is 3.62. The van der Waals surface area contributed by atoms with Crippen LogP contribution in [0.5, 0.6) is 0 Å². The highest BCUT2D eigenvalue weighted by Gasteiger charge is 2.08. The molecule has 1 atom stereocenters. The molecule has 0 bridgehead atoms. The highest BCUT2D eigenvalue weighted by atomic mass is 32.2. The molecule has 2 aromatic rings. The van der Waals surface area contributed by atoms with Crippen LogP contribution in [0.2, 0.25) is 0 Å². The number of hydrogen-bond donors (Lipinski definition) is 0. The van der Waals surface area contributed by atoms with E-state index in [1.54, 1.807) is 12.4 Å². The van der Waals surface area contributed by atoms with Gasteiger partial charge in [0.1, 0.15) is 0 Å². The Labute approximate surface area is 129 Å². The molecule has 1 unspecified atom stereocenters. The zero-order chi connectivity index (χ0) is 15.1. The minimum atomic E-state index is -0.960. The molecule has 0 amide bonds. The number of rotatable bonds is 6. The van der Waals surface area contributed by atoms with E-state index in [4.69, 9.17) is 0 Å². The van der Waals surface area contributed by atoms with Crippen molar-refractivity contribution in [2.75, 3.05) is 5.75 Å². The van der Waals surface area contributed by atoms with E-state index in [0.29, 0.717) is 5.75 Å². The molecule has 21 heavy (non-hydrogen) atoms. The van der Waals surface area contributed by atoms with Crippen molar-refractivity contribution in [2.45, 2.75) is 31.6 Å². The van der Waals surface area contributed by atoms with Crippen LogP contribution in [0.3, 0.4) is 0 Å². The van der Waals surface area contributed by atoms with Crippen LogP contribution < -0.4 is 0 Å². The highest BCUT2D eigenvalue weighted by Crippen LogP contribution is 2.16. The van der Waals surface area contributed by atoms with Gasteiger partial charge < -0.3 is 0 Å². The summed E-state index contributed by atoms with van der Waals surface area (Å²) < 4.78 is 12.6. The number of benzene rings is 1.